The molecule has 0 aliphatic heterocycles. The topological polar surface area (TPSA) is 42.9 Å². The summed E-state index contributed by atoms with van der Waals surface area (Å²) in [6.45, 7) is 16.2. The molecule has 0 bridgehead atoms. The maximum Gasteiger partial charge on any atom is 0.191 e. The summed E-state index contributed by atoms with van der Waals surface area (Å²) in [6.07, 6.45) is 0. The lowest BCUT2D eigenvalue weighted by Crippen LogP contribution is -2.52. The molecule has 6 heteroatoms. The average Bonchev–Trinajstić information content (AvgIpc) is 2.36. The maximum atomic E-state index is 4.29. The lowest BCUT2D eigenvalue weighted by molar-refractivity contribution is 0.178. The van der Waals surface area contributed by atoms with Crippen molar-refractivity contribution in [2.75, 3.05) is 40.8 Å². The van der Waals surface area contributed by atoms with Crippen LogP contribution in [0.25, 0.3) is 0 Å². The molecular formula is C16H38IN5. The maximum absolute atomic E-state index is 4.29. The molecule has 0 unspecified atom stereocenters. The van der Waals surface area contributed by atoms with Gasteiger partial charge in [0.15, 0.2) is 5.96 Å². The highest BCUT2D eigenvalue weighted by atomic mass is 127. The molecule has 0 spiro atoms. The van der Waals surface area contributed by atoms with Crippen LogP contribution in [-0.4, -0.2) is 74.2 Å². The van der Waals surface area contributed by atoms with Gasteiger partial charge in [0.2, 0.25) is 0 Å². The third kappa shape index (κ3) is 9.15. The minimum absolute atomic E-state index is 0. The summed E-state index contributed by atoms with van der Waals surface area (Å²) in [5.74, 6) is 0.873. The van der Waals surface area contributed by atoms with Crippen molar-refractivity contribution in [1.82, 2.24) is 20.4 Å². The van der Waals surface area contributed by atoms with Crippen LogP contribution in [0, 0.1) is 0 Å². The summed E-state index contributed by atoms with van der Waals surface area (Å²) in [6, 6.07) is 1.13. The molecule has 0 aliphatic carbocycles. The van der Waals surface area contributed by atoms with Crippen LogP contribution in [0.15, 0.2) is 4.99 Å². The first-order valence-corrected chi connectivity index (χ1v) is 7.99. The first-order chi connectivity index (χ1) is 9.61. The van der Waals surface area contributed by atoms with E-state index < -0.39 is 0 Å². The first kappa shape index (κ1) is 24.2. The quantitative estimate of drug-likeness (QED) is 0.354. The molecule has 0 fully saturated rings. The molecular weight excluding hydrogens is 389 g/mol. The van der Waals surface area contributed by atoms with Crippen LogP contribution in [-0.2, 0) is 0 Å². The van der Waals surface area contributed by atoms with Gasteiger partial charge in [0.05, 0.1) is 0 Å². The highest BCUT2D eigenvalue weighted by Gasteiger charge is 2.20. The van der Waals surface area contributed by atoms with Crippen LogP contribution in [0.4, 0.5) is 0 Å². The monoisotopic (exact) mass is 427 g/mol. The molecule has 0 heterocycles. The highest BCUT2D eigenvalue weighted by molar-refractivity contribution is 14.0. The predicted octanol–water partition coefficient (Wildman–Crippen LogP) is 2.23. The number of likely N-dealkylation sites (N-methyl/N-ethyl adjacent to an activating group) is 1. The second kappa shape index (κ2) is 11.5. The fourth-order valence-corrected chi connectivity index (χ4v) is 2.09. The standard InChI is InChI=1S/C16H37N5.HI/c1-13(2)21(14(3)4)11-10-18-15(17-7)19-12-16(5,6)20(8)9;/h13-14H,10-12H2,1-9H3,(H2,17,18,19);1H. The average molecular weight is 427 g/mol. The molecule has 0 saturated carbocycles. The molecule has 0 saturated heterocycles. The van der Waals surface area contributed by atoms with Crippen LogP contribution in [0.5, 0.6) is 0 Å². The Hall–Kier alpha value is -0.0800. The van der Waals surface area contributed by atoms with Gasteiger partial charge in [-0.2, -0.15) is 0 Å². The fraction of sp³-hybridized carbons (Fsp3) is 0.938. The second-order valence-corrected chi connectivity index (χ2v) is 6.98. The van der Waals surface area contributed by atoms with Gasteiger partial charge in [-0.1, -0.05) is 0 Å². The number of halogens is 1. The summed E-state index contributed by atoms with van der Waals surface area (Å²) in [7, 11) is 6.02. The van der Waals surface area contributed by atoms with E-state index in [2.05, 4.69) is 81.1 Å². The molecule has 0 aromatic heterocycles. The van der Waals surface area contributed by atoms with E-state index in [0.717, 1.165) is 25.6 Å². The normalized spacial score (nSPS) is 13.0. The molecule has 0 atom stereocenters. The van der Waals surface area contributed by atoms with E-state index in [1.165, 1.54) is 0 Å². The Labute approximate surface area is 155 Å². The predicted molar refractivity (Wildman–Crippen MR) is 110 cm³/mol. The molecule has 0 radical (unpaired) electrons. The van der Waals surface area contributed by atoms with E-state index in [1.54, 1.807) is 0 Å². The third-order valence-electron chi connectivity index (χ3n) is 4.11. The third-order valence-corrected chi connectivity index (χ3v) is 4.11. The number of nitrogens with one attached hydrogen (secondary N) is 2. The van der Waals surface area contributed by atoms with Gasteiger partial charge in [0.1, 0.15) is 0 Å². The summed E-state index contributed by atoms with van der Waals surface area (Å²) < 4.78 is 0. The lowest BCUT2D eigenvalue weighted by atomic mass is 10.0. The lowest BCUT2D eigenvalue weighted by Gasteiger charge is -2.33. The molecule has 5 nitrogen and oxygen atoms in total. The number of rotatable bonds is 8. The van der Waals surface area contributed by atoms with Crippen LogP contribution >= 0.6 is 24.0 Å². The van der Waals surface area contributed by atoms with Crippen molar-refractivity contribution in [3.05, 3.63) is 0 Å². The van der Waals surface area contributed by atoms with Crippen molar-refractivity contribution in [2.24, 2.45) is 4.99 Å². The molecule has 0 aromatic rings. The Kier molecular flexibility index (Phi) is 12.6. The Morgan fingerprint density at radius 3 is 1.91 bits per heavy atom. The molecule has 0 aromatic carbocycles. The Bertz CT molecular complexity index is 306. The molecule has 0 rings (SSSR count). The van der Waals surface area contributed by atoms with E-state index in [1.807, 2.05) is 7.05 Å². The molecule has 22 heavy (non-hydrogen) atoms. The Balaban J connectivity index is 0. The number of aliphatic imine (C=N–C) groups is 1. The van der Waals surface area contributed by atoms with Gasteiger partial charge in [0.25, 0.3) is 0 Å². The van der Waals surface area contributed by atoms with Crippen LogP contribution in [0.1, 0.15) is 41.5 Å². The minimum Gasteiger partial charge on any atom is -0.355 e. The molecule has 2 N–H and O–H groups in total. The van der Waals surface area contributed by atoms with Crippen LogP contribution in [0.2, 0.25) is 0 Å². The van der Waals surface area contributed by atoms with Gasteiger partial charge in [-0.05, 0) is 55.6 Å². The minimum atomic E-state index is 0. The fourth-order valence-electron chi connectivity index (χ4n) is 2.09. The smallest absolute Gasteiger partial charge is 0.191 e. The number of nitrogens with zero attached hydrogens (tertiary/aromatic N) is 3. The summed E-state index contributed by atoms with van der Waals surface area (Å²) in [5.41, 5.74) is 0.0967. The summed E-state index contributed by atoms with van der Waals surface area (Å²) >= 11 is 0. The Morgan fingerprint density at radius 2 is 1.55 bits per heavy atom. The summed E-state index contributed by atoms with van der Waals surface area (Å²) in [4.78, 5) is 8.99. The van der Waals surface area contributed by atoms with E-state index >= 15 is 0 Å². The van der Waals surface area contributed by atoms with Gasteiger partial charge in [-0.15, -0.1) is 24.0 Å². The zero-order valence-corrected chi connectivity index (χ0v) is 18.4. The largest absolute Gasteiger partial charge is 0.355 e. The van der Waals surface area contributed by atoms with Crippen molar-refractivity contribution >= 4 is 29.9 Å². The van der Waals surface area contributed by atoms with E-state index in [-0.39, 0.29) is 29.5 Å². The van der Waals surface area contributed by atoms with Crippen LogP contribution in [0.3, 0.4) is 0 Å². The highest BCUT2D eigenvalue weighted by Crippen LogP contribution is 2.07. The van der Waals surface area contributed by atoms with E-state index in [9.17, 15) is 0 Å². The zero-order chi connectivity index (χ0) is 16.6. The van der Waals surface area contributed by atoms with Crippen molar-refractivity contribution in [2.45, 2.75) is 59.2 Å². The second-order valence-electron chi connectivity index (χ2n) is 6.98. The zero-order valence-electron chi connectivity index (χ0n) is 16.0. The number of guanidine groups is 1. The van der Waals surface area contributed by atoms with Gasteiger partial charge >= 0.3 is 0 Å². The van der Waals surface area contributed by atoms with Crippen molar-refractivity contribution < 1.29 is 0 Å². The SMILES string of the molecule is CN=C(NCCN(C(C)C)C(C)C)NCC(C)(C)N(C)C.I. The first-order valence-electron chi connectivity index (χ1n) is 7.99. The van der Waals surface area contributed by atoms with E-state index in [4.69, 9.17) is 0 Å². The van der Waals surface area contributed by atoms with Gasteiger partial charge in [0, 0.05) is 44.3 Å². The number of hydrogen-bond acceptors (Lipinski definition) is 3. The van der Waals surface area contributed by atoms with Crippen LogP contribution < -0.4 is 10.6 Å². The van der Waals surface area contributed by atoms with Crippen molar-refractivity contribution in [3.8, 4) is 0 Å². The van der Waals surface area contributed by atoms with E-state index in [0.29, 0.717) is 12.1 Å². The summed E-state index contributed by atoms with van der Waals surface area (Å²) in [5, 5.41) is 6.80. The van der Waals surface area contributed by atoms with Gasteiger partial charge in [-0.25, -0.2) is 0 Å². The van der Waals surface area contributed by atoms with Gasteiger partial charge in [-0.3, -0.25) is 9.89 Å². The molecule has 134 valence electrons. The van der Waals surface area contributed by atoms with Gasteiger partial charge < -0.3 is 15.5 Å². The number of hydrogen-bond donors (Lipinski definition) is 2. The molecule has 0 aliphatic rings. The Morgan fingerprint density at radius 1 is 1.05 bits per heavy atom. The van der Waals surface area contributed by atoms with Crippen molar-refractivity contribution in [1.29, 1.82) is 0 Å². The molecule has 0 amide bonds. The van der Waals surface area contributed by atoms with Crippen molar-refractivity contribution in [3.63, 3.8) is 0 Å².